The normalized spacial score (nSPS) is 18.6. The largest absolute Gasteiger partial charge is 0.314 e. The molecule has 4 nitrogen and oxygen atoms in total. The number of hydrogen-bond donors (Lipinski definition) is 1. The number of rotatable bonds is 3. The molecule has 2 heterocycles. The monoisotopic (exact) mass is 212 g/mol. The molecule has 0 spiro atoms. The van der Waals surface area contributed by atoms with Gasteiger partial charge >= 0.3 is 0 Å². The summed E-state index contributed by atoms with van der Waals surface area (Å²) >= 11 is 1.54. The second-order valence-corrected chi connectivity index (χ2v) is 4.32. The molecule has 78 valence electrons. The van der Waals surface area contributed by atoms with Crippen molar-refractivity contribution in [3.63, 3.8) is 0 Å². The first-order chi connectivity index (χ1) is 6.88. The minimum atomic E-state index is 0.943. The zero-order valence-corrected chi connectivity index (χ0v) is 9.31. The molecule has 1 fully saturated rings. The maximum absolute atomic E-state index is 4.47. The van der Waals surface area contributed by atoms with E-state index in [1.165, 1.54) is 0 Å². The molecular formula is C9H16N4S. The SMILES string of the molecule is CCc1nsc(CN2CCNCC2)n1. The third-order valence-corrected chi connectivity index (χ3v) is 3.13. The summed E-state index contributed by atoms with van der Waals surface area (Å²) in [5, 5.41) is 4.50. The highest BCUT2D eigenvalue weighted by Gasteiger charge is 2.12. The van der Waals surface area contributed by atoms with Crippen LogP contribution in [0.25, 0.3) is 0 Å². The van der Waals surface area contributed by atoms with Crippen LogP contribution in [0, 0.1) is 0 Å². The molecule has 1 aliphatic rings. The van der Waals surface area contributed by atoms with Crippen molar-refractivity contribution >= 4 is 11.5 Å². The number of piperazine rings is 1. The second kappa shape index (κ2) is 4.82. The van der Waals surface area contributed by atoms with Crippen LogP contribution in [-0.2, 0) is 13.0 Å². The minimum absolute atomic E-state index is 0.943. The maximum atomic E-state index is 4.47. The zero-order chi connectivity index (χ0) is 9.80. The van der Waals surface area contributed by atoms with E-state index in [1.54, 1.807) is 11.5 Å². The van der Waals surface area contributed by atoms with Gasteiger partial charge in [-0.2, -0.15) is 4.37 Å². The van der Waals surface area contributed by atoms with Crippen molar-refractivity contribution in [1.29, 1.82) is 0 Å². The average Bonchev–Trinajstić information content (AvgIpc) is 2.67. The van der Waals surface area contributed by atoms with Gasteiger partial charge in [-0.1, -0.05) is 6.92 Å². The fraction of sp³-hybridized carbons (Fsp3) is 0.778. The standard InChI is InChI=1S/C9H16N4S/c1-2-8-11-9(14-12-8)7-13-5-3-10-4-6-13/h10H,2-7H2,1H3. The van der Waals surface area contributed by atoms with E-state index >= 15 is 0 Å². The van der Waals surface area contributed by atoms with E-state index < -0.39 is 0 Å². The number of aromatic nitrogens is 2. The van der Waals surface area contributed by atoms with Gasteiger partial charge in [-0.3, -0.25) is 4.90 Å². The number of nitrogens with zero attached hydrogens (tertiary/aromatic N) is 3. The first kappa shape index (κ1) is 10.0. The highest BCUT2D eigenvalue weighted by molar-refractivity contribution is 7.05. The molecule has 1 aromatic heterocycles. The van der Waals surface area contributed by atoms with Gasteiger partial charge in [0.25, 0.3) is 0 Å². The van der Waals surface area contributed by atoms with Gasteiger partial charge in [0.2, 0.25) is 0 Å². The second-order valence-electron chi connectivity index (χ2n) is 3.48. The molecule has 1 saturated heterocycles. The number of hydrogen-bond acceptors (Lipinski definition) is 5. The quantitative estimate of drug-likeness (QED) is 0.792. The summed E-state index contributed by atoms with van der Waals surface area (Å²) in [5.41, 5.74) is 0. The van der Waals surface area contributed by atoms with E-state index in [4.69, 9.17) is 0 Å². The van der Waals surface area contributed by atoms with Crippen molar-refractivity contribution in [2.24, 2.45) is 0 Å². The number of aryl methyl sites for hydroxylation is 1. The van der Waals surface area contributed by atoms with Gasteiger partial charge in [-0.15, -0.1) is 0 Å². The van der Waals surface area contributed by atoms with Crippen molar-refractivity contribution < 1.29 is 0 Å². The van der Waals surface area contributed by atoms with Gasteiger partial charge in [0.1, 0.15) is 10.8 Å². The van der Waals surface area contributed by atoms with Crippen molar-refractivity contribution in [1.82, 2.24) is 19.6 Å². The lowest BCUT2D eigenvalue weighted by Gasteiger charge is -2.25. The summed E-state index contributed by atoms with van der Waals surface area (Å²) in [7, 11) is 0. The summed E-state index contributed by atoms with van der Waals surface area (Å²) in [6.45, 7) is 7.51. The molecule has 0 bridgehead atoms. The average molecular weight is 212 g/mol. The van der Waals surface area contributed by atoms with Crippen molar-refractivity contribution in [2.45, 2.75) is 19.9 Å². The molecule has 5 heteroatoms. The molecule has 0 radical (unpaired) electrons. The molecule has 1 aliphatic heterocycles. The highest BCUT2D eigenvalue weighted by Crippen LogP contribution is 2.09. The van der Waals surface area contributed by atoms with E-state index in [0.717, 1.165) is 50.0 Å². The Balaban J connectivity index is 1.89. The predicted octanol–water partition coefficient (Wildman–Crippen LogP) is 0.506. The lowest BCUT2D eigenvalue weighted by molar-refractivity contribution is 0.233. The van der Waals surface area contributed by atoms with Crippen molar-refractivity contribution in [3.8, 4) is 0 Å². The summed E-state index contributed by atoms with van der Waals surface area (Å²) in [6.07, 6.45) is 0.943. The van der Waals surface area contributed by atoms with Crippen LogP contribution in [0.1, 0.15) is 17.8 Å². The van der Waals surface area contributed by atoms with Crippen molar-refractivity contribution in [2.75, 3.05) is 26.2 Å². The molecule has 0 aliphatic carbocycles. The first-order valence-electron chi connectivity index (χ1n) is 5.13. The Morgan fingerprint density at radius 1 is 1.43 bits per heavy atom. The Kier molecular flexibility index (Phi) is 3.44. The third kappa shape index (κ3) is 2.50. The molecule has 1 N–H and O–H groups in total. The van der Waals surface area contributed by atoms with Crippen LogP contribution in [0.15, 0.2) is 0 Å². The van der Waals surface area contributed by atoms with Gasteiger partial charge in [0.15, 0.2) is 0 Å². The summed E-state index contributed by atoms with van der Waals surface area (Å²) in [6, 6.07) is 0. The van der Waals surface area contributed by atoms with Gasteiger partial charge < -0.3 is 5.32 Å². The fourth-order valence-electron chi connectivity index (χ4n) is 1.56. The molecule has 0 aromatic carbocycles. The van der Waals surface area contributed by atoms with E-state index in [-0.39, 0.29) is 0 Å². The Hall–Kier alpha value is -0.520. The summed E-state index contributed by atoms with van der Waals surface area (Å²) in [4.78, 5) is 6.90. The molecule has 0 amide bonds. The van der Waals surface area contributed by atoms with Gasteiger partial charge in [0, 0.05) is 32.6 Å². The molecule has 0 atom stereocenters. The lowest BCUT2D eigenvalue weighted by Crippen LogP contribution is -2.42. The Morgan fingerprint density at radius 2 is 2.21 bits per heavy atom. The third-order valence-electron chi connectivity index (χ3n) is 2.39. The van der Waals surface area contributed by atoms with Crippen LogP contribution in [0.5, 0.6) is 0 Å². The molecule has 14 heavy (non-hydrogen) atoms. The molecule has 1 aromatic rings. The Labute approximate surface area is 88.5 Å². The molecule has 2 rings (SSSR count). The van der Waals surface area contributed by atoms with Crippen LogP contribution < -0.4 is 5.32 Å². The van der Waals surface area contributed by atoms with Gasteiger partial charge in [0.05, 0.1) is 6.54 Å². The molecule has 0 unspecified atom stereocenters. The van der Waals surface area contributed by atoms with E-state index in [2.05, 4.69) is 26.5 Å². The van der Waals surface area contributed by atoms with Crippen LogP contribution in [0.3, 0.4) is 0 Å². The Morgan fingerprint density at radius 3 is 2.86 bits per heavy atom. The van der Waals surface area contributed by atoms with E-state index in [0.29, 0.717) is 0 Å². The topological polar surface area (TPSA) is 41.1 Å². The maximum Gasteiger partial charge on any atom is 0.142 e. The summed E-state index contributed by atoms with van der Waals surface area (Å²) < 4.78 is 4.29. The van der Waals surface area contributed by atoms with Crippen LogP contribution in [0.4, 0.5) is 0 Å². The highest BCUT2D eigenvalue weighted by atomic mass is 32.1. The lowest BCUT2D eigenvalue weighted by atomic mass is 10.3. The zero-order valence-electron chi connectivity index (χ0n) is 8.49. The fourth-order valence-corrected chi connectivity index (χ4v) is 2.33. The predicted molar refractivity (Wildman–Crippen MR) is 57.4 cm³/mol. The minimum Gasteiger partial charge on any atom is -0.314 e. The first-order valence-corrected chi connectivity index (χ1v) is 5.90. The van der Waals surface area contributed by atoms with Gasteiger partial charge in [-0.05, 0) is 11.5 Å². The van der Waals surface area contributed by atoms with Crippen LogP contribution in [0.2, 0.25) is 0 Å². The molecular weight excluding hydrogens is 196 g/mol. The van der Waals surface area contributed by atoms with Crippen molar-refractivity contribution in [3.05, 3.63) is 10.8 Å². The van der Waals surface area contributed by atoms with E-state index in [1.807, 2.05) is 0 Å². The van der Waals surface area contributed by atoms with Crippen LogP contribution in [-0.4, -0.2) is 40.4 Å². The molecule has 0 saturated carbocycles. The van der Waals surface area contributed by atoms with Crippen LogP contribution >= 0.6 is 11.5 Å². The van der Waals surface area contributed by atoms with Gasteiger partial charge in [-0.25, -0.2) is 4.98 Å². The summed E-state index contributed by atoms with van der Waals surface area (Å²) in [5.74, 6) is 0.986. The van der Waals surface area contributed by atoms with E-state index in [9.17, 15) is 0 Å². The number of nitrogens with one attached hydrogen (secondary N) is 1. The smallest absolute Gasteiger partial charge is 0.142 e. The Bertz CT molecular complexity index is 280.